The minimum absolute atomic E-state index is 0.598. The molecule has 0 atom stereocenters. The molecular formula is C10H11NOS2. The fourth-order valence-electron chi connectivity index (χ4n) is 1.22. The van der Waals surface area contributed by atoms with Gasteiger partial charge in [-0.25, -0.2) is 4.98 Å². The van der Waals surface area contributed by atoms with Crippen LogP contribution in [0.2, 0.25) is 0 Å². The molecule has 0 aliphatic rings. The number of aromatic nitrogens is 1. The van der Waals surface area contributed by atoms with E-state index in [0.717, 1.165) is 10.7 Å². The Bertz CT molecular complexity index is 419. The largest absolute Gasteiger partial charge is 0.378 e. The lowest BCUT2D eigenvalue weighted by Crippen LogP contribution is -1.86. The molecule has 2 rings (SSSR count). The van der Waals surface area contributed by atoms with Gasteiger partial charge < -0.3 is 4.74 Å². The maximum absolute atomic E-state index is 5.04. The van der Waals surface area contributed by atoms with E-state index in [1.165, 1.54) is 10.4 Å². The number of thiophene rings is 1. The third-order valence-electron chi connectivity index (χ3n) is 1.90. The van der Waals surface area contributed by atoms with Crippen LogP contribution in [0.25, 0.3) is 9.88 Å². The predicted molar refractivity (Wildman–Crippen MR) is 60.9 cm³/mol. The molecule has 0 spiro atoms. The summed E-state index contributed by atoms with van der Waals surface area (Å²) in [5, 5.41) is 5.25. The van der Waals surface area contributed by atoms with Gasteiger partial charge in [-0.2, -0.15) is 0 Å². The van der Waals surface area contributed by atoms with E-state index in [1.807, 2.05) is 0 Å². The van der Waals surface area contributed by atoms with Crippen molar-refractivity contribution in [3.63, 3.8) is 0 Å². The van der Waals surface area contributed by atoms with Crippen molar-refractivity contribution < 1.29 is 4.74 Å². The van der Waals surface area contributed by atoms with E-state index in [1.54, 1.807) is 29.8 Å². The minimum Gasteiger partial charge on any atom is -0.378 e. The number of rotatable bonds is 3. The molecule has 0 aromatic carbocycles. The summed E-state index contributed by atoms with van der Waals surface area (Å²) in [4.78, 5) is 5.78. The van der Waals surface area contributed by atoms with Gasteiger partial charge in [-0.3, -0.25) is 0 Å². The Kier molecular flexibility index (Phi) is 2.96. The summed E-state index contributed by atoms with van der Waals surface area (Å²) >= 11 is 3.42. The molecule has 0 unspecified atom stereocenters. The Balaban J connectivity index is 2.29. The number of hydrogen-bond acceptors (Lipinski definition) is 4. The number of thiazole rings is 1. The van der Waals surface area contributed by atoms with Gasteiger partial charge in [0.25, 0.3) is 0 Å². The molecule has 2 aromatic rings. The smallest absolute Gasteiger partial charge is 0.133 e. The van der Waals surface area contributed by atoms with Gasteiger partial charge in [0.1, 0.15) is 5.01 Å². The fraction of sp³-hybridized carbons (Fsp3) is 0.300. The van der Waals surface area contributed by atoms with E-state index in [0.29, 0.717) is 6.61 Å². The van der Waals surface area contributed by atoms with Crippen molar-refractivity contribution >= 4 is 22.7 Å². The highest BCUT2D eigenvalue weighted by molar-refractivity contribution is 7.20. The van der Waals surface area contributed by atoms with Gasteiger partial charge in [-0.1, -0.05) is 0 Å². The molecule has 0 amide bonds. The van der Waals surface area contributed by atoms with Crippen molar-refractivity contribution in [1.82, 2.24) is 4.98 Å². The first-order valence-corrected chi connectivity index (χ1v) is 6.05. The highest BCUT2D eigenvalue weighted by Crippen LogP contribution is 2.31. The summed E-state index contributed by atoms with van der Waals surface area (Å²) < 4.78 is 5.04. The molecule has 0 aliphatic heterocycles. The molecule has 4 heteroatoms. The molecule has 0 radical (unpaired) electrons. The van der Waals surface area contributed by atoms with Crippen LogP contribution in [0.1, 0.15) is 11.3 Å². The lowest BCUT2D eigenvalue weighted by molar-refractivity contribution is 0.182. The SMILES string of the molecule is COCc1csc(-c2sccc2C)n1. The highest BCUT2D eigenvalue weighted by Gasteiger charge is 2.07. The van der Waals surface area contributed by atoms with E-state index in [9.17, 15) is 0 Å². The third kappa shape index (κ3) is 1.87. The van der Waals surface area contributed by atoms with Crippen LogP contribution in [-0.2, 0) is 11.3 Å². The quantitative estimate of drug-likeness (QED) is 0.799. The van der Waals surface area contributed by atoms with E-state index >= 15 is 0 Å². The van der Waals surface area contributed by atoms with Crippen molar-refractivity contribution in [2.45, 2.75) is 13.5 Å². The Labute approximate surface area is 91.2 Å². The minimum atomic E-state index is 0.598. The van der Waals surface area contributed by atoms with Gasteiger partial charge in [0.05, 0.1) is 17.2 Å². The molecule has 0 N–H and O–H groups in total. The average molecular weight is 225 g/mol. The molecule has 0 fully saturated rings. The molecule has 2 heterocycles. The lowest BCUT2D eigenvalue weighted by atomic mass is 10.3. The Morgan fingerprint density at radius 1 is 1.43 bits per heavy atom. The van der Waals surface area contributed by atoms with Crippen molar-refractivity contribution in [2.75, 3.05) is 7.11 Å². The molecular weight excluding hydrogens is 214 g/mol. The van der Waals surface area contributed by atoms with Crippen LogP contribution in [0.15, 0.2) is 16.8 Å². The molecule has 0 aliphatic carbocycles. The van der Waals surface area contributed by atoms with Crippen LogP contribution in [0.4, 0.5) is 0 Å². The lowest BCUT2D eigenvalue weighted by Gasteiger charge is -1.93. The Hall–Kier alpha value is -0.710. The highest BCUT2D eigenvalue weighted by atomic mass is 32.1. The van der Waals surface area contributed by atoms with Gasteiger partial charge in [0.2, 0.25) is 0 Å². The summed E-state index contributed by atoms with van der Waals surface area (Å²) in [6.07, 6.45) is 0. The zero-order valence-electron chi connectivity index (χ0n) is 8.11. The molecule has 0 saturated heterocycles. The van der Waals surface area contributed by atoms with Crippen molar-refractivity contribution in [2.24, 2.45) is 0 Å². The third-order valence-corrected chi connectivity index (χ3v) is 3.96. The molecule has 2 nitrogen and oxygen atoms in total. The van der Waals surface area contributed by atoms with Gasteiger partial charge in [-0.05, 0) is 23.9 Å². The summed E-state index contributed by atoms with van der Waals surface area (Å²) in [5.74, 6) is 0. The number of hydrogen-bond donors (Lipinski definition) is 0. The number of methoxy groups -OCH3 is 1. The topological polar surface area (TPSA) is 22.1 Å². The Morgan fingerprint density at radius 3 is 2.93 bits per heavy atom. The number of nitrogens with zero attached hydrogens (tertiary/aromatic N) is 1. The molecule has 74 valence electrons. The van der Waals surface area contributed by atoms with Crippen LogP contribution in [0.3, 0.4) is 0 Å². The van der Waals surface area contributed by atoms with Gasteiger partial charge >= 0.3 is 0 Å². The van der Waals surface area contributed by atoms with Gasteiger partial charge in [0.15, 0.2) is 0 Å². The maximum atomic E-state index is 5.04. The monoisotopic (exact) mass is 225 g/mol. The second-order valence-corrected chi connectivity index (χ2v) is 4.78. The number of ether oxygens (including phenoxy) is 1. The second-order valence-electron chi connectivity index (χ2n) is 3.01. The Morgan fingerprint density at radius 2 is 2.29 bits per heavy atom. The molecule has 0 bridgehead atoms. The van der Waals surface area contributed by atoms with Gasteiger partial charge in [-0.15, -0.1) is 22.7 Å². The standard InChI is InChI=1S/C10H11NOS2/c1-7-3-4-13-9(7)10-11-8(5-12-2)6-14-10/h3-4,6H,5H2,1-2H3. The first-order chi connectivity index (χ1) is 6.81. The van der Waals surface area contributed by atoms with Crippen LogP contribution in [-0.4, -0.2) is 12.1 Å². The fourth-order valence-corrected chi connectivity index (χ4v) is 3.12. The molecule has 2 aromatic heterocycles. The zero-order chi connectivity index (χ0) is 9.97. The summed E-state index contributed by atoms with van der Waals surface area (Å²) in [5.41, 5.74) is 2.31. The second kappa shape index (κ2) is 4.21. The average Bonchev–Trinajstić information content (AvgIpc) is 2.74. The summed E-state index contributed by atoms with van der Waals surface area (Å²) in [6, 6.07) is 2.12. The predicted octanol–water partition coefficient (Wildman–Crippen LogP) is 3.33. The maximum Gasteiger partial charge on any atom is 0.133 e. The van der Waals surface area contributed by atoms with Crippen LogP contribution < -0.4 is 0 Å². The van der Waals surface area contributed by atoms with Crippen molar-refractivity contribution in [1.29, 1.82) is 0 Å². The molecule has 14 heavy (non-hydrogen) atoms. The first kappa shape index (κ1) is 9.83. The van der Waals surface area contributed by atoms with E-state index in [-0.39, 0.29) is 0 Å². The van der Waals surface area contributed by atoms with E-state index in [4.69, 9.17) is 4.74 Å². The first-order valence-electron chi connectivity index (χ1n) is 4.29. The van der Waals surface area contributed by atoms with Crippen LogP contribution >= 0.6 is 22.7 Å². The summed E-state index contributed by atoms with van der Waals surface area (Å²) in [7, 11) is 1.69. The van der Waals surface area contributed by atoms with Crippen molar-refractivity contribution in [3.8, 4) is 9.88 Å². The number of aryl methyl sites for hydroxylation is 1. The molecule has 0 saturated carbocycles. The van der Waals surface area contributed by atoms with Crippen LogP contribution in [0, 0.1) is 6.92 Å². The van der Waals surface area contributed by atoms with E-state index in [2.05, 4.69) is 28.7 Å². The zero-order valence-corrected chi connectivity index (χ0v) is 9.74. The summed E-state index contributed by atoms with van der Waals surface area (Å²) in [6.45, 7) is 2.71. The van der Waals surface area contributed by atoms with Crippen molar-refractivity contribution in [3.05, 3.63) is 28.1 Å². The van der Waals surface area contributed by atoms with Gasteiger partial charge in [0, 0.05) is 12.5 Å². The normalized spacial score (nSPS) is 10.7. The van der Waals surface area contributed by atoms with Crippen LogP contribution in [0.5, 0.6) is 0 Å². The van der Waals surface area contributed by atoms with E-state index < -0.39 is 0 Å².